The van der Waals surface area contributed by atoms with Crippen LogP contribution in [-0.4, -0.2) is 38.1 Å². The van der Waals surface area contributed by atoms with Gasteiger partial charge in [0.2, 0.25) is 0 Å². The largest absolute Gasteiger partial charge is 0.314 e. The third-order valence-corrected chi connectivity index (χ3v) is 2.75. The average molecular weight is 214 g/mol. The summed E-state index contributed by atoms with van der Waals surface area (Å²) in [5, 5.41) is 3.59. The molecule has 0 radical (unpaired) electrons. The fourth-order valence-electron chi connectivity index (χ4n) is 1.82. The van der Waals surface area contributed by atoms with Crippen LogP contribution in [0.15, 0.2) is 0 Å². The molecule has 0 saturated heterocycles. The normalized spacial score (nSPS) is 13.8. The molecule has 0 fully saturated rings. The van der Waals surface area contributed by atoms with Crippen molar-refractivity contribution in [3.8, 4) is 0 Å². The standard InChI is InChI=1S/C13H30N2/c1-6-14-13(10-11-15(4)5)9-7-8-12(2)3/h12-14H,6-11H2,1-5H3. The van der Waals surface area contributed by atoms with E-state index in [1.54, 1.807) is 0 Å². The second-order valence-electron chi connectivity index (χ2n) is 5.17. The summed E-state index contributed by atoms with van der Waals surface area (Å²) < 4.78 is 0. The zero-order valence-corrected chi connectivity index (χ0v) is 11.3. The Labute approximate surface area is 96.4 Å². The molecule has 1 atom stereocenters. The van der Waals surface area contributed by atoms with Crippen LogP contribution in [0.2, 0.25) is 0 Å². The van der Waals surface area contributed by atoms with Crippen LogP contribution in [0.1, 0.15) is 46.5 Å². The highest BCUT2D eigenvalue weighted by Gasteiger charge is 2.07. The minimum absolute atomic E-state index is 0.719. The van der Waals surface area contributed by atoms with Gasteiger partial charge in [-0.1, -0.05) is 33.6 Å². The number of hydrogen-bond donors (Lipinski definition) is 1. The van der Waals surface area contributed by atoms with E-state index in [1.165, 1.54) is 32.2 Å². The summed E-state index contributed by atoms with van der Waals surface area (Å²) in [5.74, 6) is 0.848. The SMILES string of the molecule is CCNC(CCCC(C)C)CCN(C)C. The third kappa shape index (κ3) is 10.2. The summed E-state index contributed by atoms with van der Waals surface area (Å²) >= 11 is 0. The maximum Gasteiger partial charge on any atom is 0.00791 e. The van der Waals surface area contributed by atoms with Gasteiger partial charge in [0.1, 0.15) is 0 Å². The zero-order valence-electron chi connectivity index (χ0n) is 11.3. The van der Waals surface area contributed by atoms with Gasteiger partial charge < -0.3 is 10.2 Å². The molecule has 0 spiro atoms. The summed E-state index contributed by atoms with van der Waals surface area (Å²) in [6, 6.07) is 0.719. The Balaban J connectivity index is 3.62. The summed E-state index contributed by atoms with van der Waals surface area (Å²) in [5.41, 5.74) is 0. The van der Waals surface area contributed by atoms with Gasteiger partial charge in [0, 0.05) is 6.04 Å². The van der Waals surface area contributed by atoms with Crippen LogP contribution >= 0.6 is 0 Å². The van der Waals surface area contributed by atoms with Gasteiger partial charge in [0.05, 0.1) is 0 Å². The average Bonchev–Trinajstić information content (AvgIpc) is 2.13. The highest BCUT2D eigenvalue weighted by molar-refractivity contribution is 4.67. The fraction of sp³-hybridized carbons (Fsp3) is 1.00. The van der Waals surface area contributed by atoms with Gasteiger partial charge in [-0.05, 0) is 45.9 Å². The number of rotatable bonds is 9. The zero-order chi connectivity index (χ0) is 11.7. The van der Waals surface area contributed by atoms with E-state index in [4.69, 9.17) is 0 Å². The first-order valence-electron chi connectivity index (χ1n) is 6.44. The summed E-state index contributed by atoms with van der Waals surface area (Å²) in [6.07, 6.45) is 5.34. The second kappa shape index (κ2) is 9.17. The molecular weight excluding hydrogens is 184 g/mol. The Hall–Kier alpha value is -0.0800. The first kappa shape index (κ1) is 14.9. The van der Waals surface area contributed by atoms with E-state index < -0.39 is 0 Å². The van der Waals surface area contributed by atoms with Crippen molar-refractivity contribution in [1.29, 1.82) is 0 Å². The Kier molecular flexibility index (Phi) is 9.12. The third-order valence-electron chi connectivity index (χ3n) is 2.75. The predicted molar refractivity (Wildman–Crippen MR) is 69.3 cm³/mol. The summed E-state index contributed by atoms with van der Waals surface area (Å²) in [6.45, 7) is 9.11. The van der Waals surface area contributed by atoms with Crippen LogP contribution in [0, 0.1) is 5.92 Å². The van der Waals surface area contributed by atoms with Crippen LogP contribution < -0.4 is 5.32 Å². The molecule has 1 N–H and O–H groups in total. The van der Waals surface area contributed by atoms with Gasteiger partial charge in [-0.3, -0.25) is 0 Å². The number of hydrogen-bond acceptors (Lipinski definition) is 2. The summed E-state index contributed by atoms with van der Waals surface area (Å²) in [4.78, 5) is 2.27. The topological polar surface area (TPSA) is 15.3 Å². The van der Waals surface area contributed by atoms with Crippen molar-refractivity contribution < 1.29 is 0 Å². The van der Waals surface area contributed by atoms with Crippen molar-refractivity contribution in [2.24, 2.45) is 5.92 Å². The fourth-order valence-corrected chi connectivity index (χ4v) is 1.82. The van der Waals surface area contributed by atoms with E-state index in [0.29, 0.717) is 0 Å². The molecule has 0 aliphatic rings. The van der Waals surface area contributed by atoms with E-state index >= 15 is 0 Å². The van der Waals surface area contributed by atoms with Crippen molar-refractivity contribution in [3.05, 3.63) is 0 Å². The Bertz CT molecular complexity index is 132. The van der Waals surface area contributed by atoms with Gasteiger partial charge >= 0.3 is 0 Å². The quantitative estimate of drug-likeness (QED) is 0.635. The van der Waals surface area contributed by atoms with Crippen molar-refractivity contribution >= 4 is 0 Å². The molecule has 2 heteroatoms. The van der Waals surface area contributed by atoms with Gasteiger partial charge in [0.25, 0.3) is 0 Å². The molecule has 2 nitrogen and oxygen atoms in total. The van der Waals surface area contributed by atoms with Crippen LogP contribution in [0.4, 0.5) is 0 Å². The highest BCUT2D eigenvalue weighted by atomic mass is 15.1. The molecule has 0 aromatic carbocycles. The maximum absolute atomic E-state index is 3.59. The molecule has 0 amide bonds. The van der Waals surface area contributed by atoms with Crippen molar-refractivity contribution in [2.45, 2.75) is 52.5 Å². The summed E-state index contributed by atoms with van der Waals surface area (Å²) in [7, 11) is 4.30. The smallest absolute Gasteiger partial charge is 0.00791 e. The lowest BCUT2D eigenvalue weighted by Crippen LogP contribution is -2.32. The predicted octanol–water partition coefficient (Wildman–Crippen LogP) is 2.74. The van der Waals surface area contributed by atoms with Crippen molar-refractivity contribution in [2.75, 3.05) is 27.2 Å². The Morgan fingerprint density at radius 1 is 1.07 bits per heavy atom. The monoisotopic (exact) mass is 214 g/mol. The lowest BCUT2D eigenvalue weighted by Gasteiger charge is -2.20. The molecule has 0 rings (SSSR count). The second-order valence-corrected chi connectivity index (χ2v) is 5.17. The number of nitrogens with one attached hydrogen (secondary N) is 1. The van der Waals surface area contributed by atoms with Gasteiger partial charge in [-0.2, -0.15) is 0 Å². The van der Waals surface area contributed by atoms with Gasteiger partial charge in [0.15, 0.2) is 0 Å². The Morgan fingerprint density at radius 3 is 2.20 bits per heavy atom. The van der Waals surface area contributed by atoms with Gasteiger partial charge in [-0.25, -0.2) is 0 Å². The molecule has 0 bridgehead atoms. The van der Waals surface area contributed by atoms with Crippen LogP contribution in [-0.2, 0) is 0 Å². The highest BCUT2D eigenvalue weighted by Crippen LogP contribution is 2.10. The molecule has 0 aromatic heterocycles. The van der Waals surface area contributed by atoms with Crippen LogP contribution in [0.25, 0.3) is 0 Å². The van der Waals surface area contributed by atoms with Crippen LogP contribution in [0.3, 0.4) is 0 Å². The van der Waals surface area contributed by atoms with E-state index in [0.717, 1.165) is 18.5 Å². The molecule has 92 valence electrons. The van der Waals surface area contributed by atoms with Crippen LogP contribution in [0.5, 0.6) is 0 Å². The van der Waals surface area contributed by atoms with E-state index in [9.17, 15) is 0 Å². The molecule has 0 aromatic rings. The molecule has 1 unspecified atom stereocenters. The maximum atomic E-state index is 3.59. The lowest BCUT2D eigenvalue weighted by molar-refractivity contribution is 0.343. The minimum atomic E-state index is 0.719. The molecule has 0 aliphatic carbocycles. The number of nitrogens with zero attached hydrogens (tertiary/aromatic N) is 1. The van der Waals surface area contributed by atoms with Crippen molar-refractivity contribution in [1.82, 2.24) is 10.2 Å². The van der Waals surface area contributed by atoms with E-state index in [2.05, 4.69) is 45.1 Å². The molecule has 0 saturated carbocycles. The first-order valence-corrected chi connectivity index (χ1v) is 6.44. The lowest BCUT2D eigenvalue weighted by atomic mass is 10.0. The minimum Gasteiger partial charge on any atom is -0.314 e. The van der Waals surface area contributed by atoms with Crippen molar-refractivity contribution in [3.63, 3.8) is 0 Å². The molecule has 0 aliphatic heterocycles. The molecular formula is C13H30N2. The molecule has 15 heavy (non-hydrogen) atoms. The van der Waals surface area contributed by atoms with Gasteiger partial charge in [-0.15, -0.1) is 0 Å². The first-order chi connectivity index (χ1) is 7.06. The Morgan fingerprint density at radius 2 is 1.73 bits per heavy atom. The van der Waals surface area contributed by atoms with E-state index in [-0.39, 0.29) is 0 Å². The molecule has 0 heterocycles. The van der Waals surface area contributed by atoms with E-state index in [1.807, 2.05) is 0 Å².